The fraction of sp³-hybridized carbons (Fsp3) is 0.375. The number of guanidine groups is 1. The van der Waals surface area contributed by atoms with Crippen LogP contribution in [0.4, 0.5) is 5.69 Å². The summed E-state index contributed by atoms with van der Waals surface area (Å²) in [4.78, 5) is 4.35. The van der Waals surface area contributed by atoms with Crippen molar-refractivity contribution in [3.8, 4) is 0 Å². The second kappa shape index (κ2) is 7.61. The Bertz CT molecular complexity index is 630. The van der Waals surface area contributed by atoms with E-state index >= 15 is 0 Å². The molecule has 0 amide bonds. The molecule has 0 radical (unpaired) electrons. The van der Waals surface area contributed by atoms with Gasteiger partial charge in [0.15, 0.2) is 5.96 Å². The number of aromatic nitrogens is 1. The van der Waals surface area contributed by atoms with Crippen LogP contribution in [0.1, 0.15) is 22.6 Å². The zero-order chi connectivity index (χ0) is 15.9. The summed E-state index contributed by atoms with van der Waals surface area (Å²) in [7, 11) is 1.66. The molecule has 1 aromatic carbocycles. The fourth-order valence-electron chi connectivity index (χ4n) is 2.25. The maximum absolute atomic E-state index is 5.95. The highest BCUT2D eigenvalue weighted by molar-refractivity contribution is 5.92. The Balaban J connectivity index is 1.96. The van der Waals surface area contributed by atoms with Crippen LogP contribution in [0, 0.1) is 13.8 Å². The Morgan fingerprint density at radius 1 is 1.36 bits per heavy atom. The van der Waals surface area contributed by atoms with Crippen LogP contribution < -0.4 is 11.1 Å². The van der Waals surface area contributed by atoms with Crippen molar-refractivity contribution in [3.05, 3.63) is 46.8 Å². The molecule has 0 spiro atoms. The summed E-state index contributed by atoms with van der Waals surface area (Å²) in [5.41, 5.74) is 9.89. The average molecular weight is 302 g/mol. The van der Waals surface area contributed by atoms with Crippen molar-refractivity contribution >= 4 is 11.6 Å². The summed E-state index contributed by atoms with van der Waals surface area (Å²) in [6.45, 7) is 4.93. The van der Waals surface area contributed by atoms with Gasteiger partial charge in [-0.3, -0.25) is 4.99 Å². The molecule has 6 nitrogen and oxygen atoms in total. The Labute approximate surface area is 130 Å². The van der Waals surface area contributed by atoms with Crippen molar-refractivity contribution in [1.82, 2.24) is 5.16 Å². The van der Waals surface area contributed by atoms with E-state index in [1.165, 1.54) is 0 Å². The van der Waals surface area contributed by atoms with Crippen LogP contribution in [0.25, 0.3) is 0 Å². The third-order valence-electron chi connectivity index (χ3n) is 3.41. The van der Waals surface area contributed by atoms with Gasteiger partial charge >= 0.3 is 0 Å². The second-order valence-electron chi connectivity index (χ2n) is 5.03. The third-order valence-corrected chi connectivity index (χ3v) is 3.41. The van der Waals surface area contributed by atoms with Crippen LogP contribution in [0.2, 0.25) is 0 Å². The first kappa shape index (κ1) is 16.0. The number of nitrogens with two attached hydrogens (primary N) is 1. The van der Waals surface area contributed by atoms with Crippen molar-refractivity contribution in [2.45, 2.75) is 26.9 Å². The molecule has 2 rings (SSSR count). The maximum atomic E-state index is 5.95. The van der Waals surface area contributed by atoms with Gasteiger partial charge in [-0.2, -0.15) is 0 Å². The normalized spacial score (nSPS) is 11.7. The first-order chi connectivity index (χ1) is 10.6. The van der Waals surface area contributed by atoms with E-state index in [2.05, 4.69) is 15.5 Å². The molecule has 0 unspecified atom stereocenters. The summed E-state index contributed by atoms with van der Waals surface area (Å²) in [6.07, 6.45) is 0.753. The Morgan fingerprint density at radius 2 is 2.14 bits per heavy atom. The van der Waals surface area contributed by atoms with Crippen molar-refractivity contribution in [1.29, 1.82) is 0 Å². The number of nitrogens with one attached hydrogen (secondary N) is 1. The number of aliphatic imine (C=N–C) groups is 1. The second-order valence-corrected chi connectivity index (χ2v) is 5.03. The van der Waals surface area contributed by atoms with Crippen LogP contribution in [0.3, 0.4) is 0 Å². The molecule has 3 N–H and O–H groups in total. The number of nitrogens with zero attached hydrogens (tertiary/aromatic N) is 2. The SMILES string of the molecule is COCc1ccccc1NC(N)=NCCc1c(C)noc1C. The summed E-state index contributed by atoms with van der Waals surface area (Å²) in [6, 6.07) is 7.84. The summed E-state index contributed by atoms with van der Waals surface area (Å²) >= 11 is 0. The van der Waals surface area contributed by atoms with E-state index in [0.29, 0.717) is 19.1 Å². The largest absolute Gasteiger partial charge is 0.380 e. The lowest BCUT2D eigenvalue weighted by atomic mass is 10.1. The van der Waals surface area contributed by atoms with Gasteiger partial charge in [0.05, 0.1) is 12.3 Å². The molecule has 22 heavy (non-hydrogen) atoms. The van der Waals surface area contributed by atoms with E-state index in [1.54, 1.807) is 7.11 Å². The molecule has 118 valence electrons. The number of aryl methyl sites for hydroxylation is 2. The van der Waals surface area contributed by atoms with Gasteiger partial charge in [-0.1, -0.05) is 23.4 Å². The van der Waals surface area contributed by atoms with Gasteiger partial charge in [-0.05, 0) is 26.3 Å². The Kier molecular flexibility index (Phi) is 5.55. The number of hydrogen-bond acceptors (Lipinski definition) is 4. The minimum atomic E-state index is 0.385. The Morgan fingerprint density at radius 3 is 2.82 bits per heavy atom. The minimum Gasteiger partial charge on any atom is -0.380 e. The summed E-state index contributed by atoms with van der Waals surface area (Å²) < 4.78 is 10.3. The van der Waals surface area contributed by atoms with E-state index in [4.69, 9.17) is 15.0 Å². The van der Waals surface area contributed by atoms with Crippen molar-refractivity contribution in [2.75, 3.05) is 19.0 Å². The maximum Gasteiger partial charge on any atom is 0.193 e. The standard InChI is InChI=1S/C16H22N4O2/c1-11-14(12(2)22-20-11)8-9-18-16(17)19-15-7-5-4-6-13(15)10-21-3/h4-7H,8-10H2,1-3H3,(H3,17,18,19). The molecule has 0 aliphatic rings. The van der Waals surface area contributed by atoms with Crippen LogP contribution in [-0.4, -0.2) is 24.8 Å². The molecule has 0 aliphatic carbocycles. The highest BCUT2D eigenvalue weighted by Crippen LogP contribution is 2.16. The van der Waals surface area contributed by atoms with Crippen molar-refractivity contribution in [2.24, 2.45) is 10.7 Å². The Hall–Kier alpha value is -2.34. The fourth-order valence-corrected chi connectivity index (χ4v) is 2.25. The predicted octanol–water partition coefficient (Wildman–Crippen LogP) is 2.41. The third kappa shape index (κ3) is 4.08. The lowest BCUT2D eigenvalue weighted by Crippen LogP contribution is -2.23. The highest BCUT2D eigenvalue weighted by Gasteiger charge is 2.08. The van der Waals surface area contributed by atoms with E-state index in [-0.39, 0.29) is 0 Å². The predicted molar refractivity (Wildman–Crippen MR) is 86.9 cm³/mol. The average Bonchev–Trinajstić information content (AvgIpc) is 2.81. The summed E-state index contributed by atoms with van der Waals surface area (Å²) in [5.74, 6) is 1.22. The summed E-state index contributed by atoms with van der Waals surface area (Å²) in [5, 5.41) is 7.04. The van der Waals surface area contributed by atoms with Gasteiger partial charge in [0.2, 0.25) is 0 Å². The molecule has 6 heteroatoms. The van der Waals surface area contributed by atoms with Crippen LogP contribution in [0.5, 0.6) is 0 Å². The monoisotopic (exact) mass is 302 g/mol. The molecule has 0 atom stereocenters. The zero-order valence-corrected chi connectivity index (χ0v) is 13.2. The molecule has 2 aromatic rings. The van der Waals surface area contributed by atoms with Crippen molar-refractivity contribution < 1.29 is 9.26 Å². The molecular weight excluding hydrogens is 280 g/mol. The molecule has 1 aromatic heterocycles. The smallest absolute Gasteiger partial charge is 0.193 e. The number of benzene rings is 1. The van der Waals surface area contributed by atoms with Crippen LogP contribution in [0.15, 0.2) is 33.8 Å². The molecule has 0 saturated carbocycles. The molecule has 0 bridgehead atoms. The number of para-hydroxylation sites is 1. The van der Waals surface area contributed by atoms with Gasteiger partial charge in [0.25, 0.3) is 0 Å². The van der Waals surface area contributed by atoms with E-state index in [9.17, 15) is 0 Å². The zero-order valence-electron chi connectivity index (χ0n) is 13.2. The molecular formula is C16H22N4O2. The topological polar surface area (TPSA) is 85.7 Å². The minimum absolute atomic E-state index is 0.385. The van der Waals surface area contributed by atoms with Gasteiger partial charge in [-0.15, -0.1) is 0 Å². The number of rotatable bonds is 6. The molecule has 0 aliphatic heterocycles. The van der Waals surface area contributed by atoms with Gasteiger partial charge in [0, 0.05) is 30.5 Å². The molecule has 1 heterocycles. The molecule has 0 saturated heterocycles. The van der Waals surface area contributed by atoms with E-state index in [0.717, 1.165) is 34.7 Å². The number of methoxy groups -OCH3 is 1. The van der Waals surface area contributed by atoms with Crippen molar-refractivity contribution in [3.63, 3.8) is 0 Å². The van der Waals surface area contributed by atoms with Crippen LogP contribution >= 0.6 is 0 Å². The van der Waals surface area contributed by atoms with E-state index < -0.39 is 0 Å². The number of ether oxygens (including phenoxy) is 1. The first-order valence-corrected chi connectivity index (χ1v) is 7.17. The first-order valence-electron chi connectivity index (χ1n) is 7.17. The lowest BCUT2D eigenvalue weighted by molar-refractivity contribution is 0.185. The quantitative estimate of drug-likeness (QED) is 0.632. The number of hydrogen-bond donors (Lipinski definition) is 2. The van der Waals surface area contributed by atoms with Gasteiger partial charge in [0.1, 0.15) is 5.76 Å². The highest BCUT2D eigenvalue weighted by atomic mass is 16.5. The van der Waals surface area contributed by atoms with E-state index in [1.807, 2.05) is 38.1 Å². The molecule has 0 fully saturated rings. The number of anilines is 1. The van der Waals surface area contributed by atoms with Gasteiger partial charge < -0.3 is 20.3 Å². The van der Waals surface area contributed by atoms with Crippen LogP contribution in [-0.2, 0) is 17.8 Å². The lowest BCUT2D eigenvalue weighted by Gasteiger charge is -2.10. The van der Waals surface area contributed by atoms with Gasteiger partial charge in [-0.25, -0.2) is 0 Å².